The lowest BCUT2D eigenvalue weighted by Crippen LogP contribution is -2.65. The largest absolute Gasteiger partial charge is 0.310 e. The minimum Gasteiger partial charge on any atom is -0.310 e. The predicted molar refractivity (Wildman–Crippen MR) is 277 cm³/mol. The van der Waals surface area contributed by atoms with Crippen LogP contribution in [0.4, 0.5) is 17.1 Å². The fraction of sp³-hybridized carbons (Fsp3) is 0.156. The van der Waals surface area contributed by atoms with Gasteiger partial charge < -0.3 is 9.47 Å². The van der Waals surface area contributed by atoms with E-state index in [1.165, 1.54) is 103 Å². The zero-order chi connectivity index (χ0) is 43.8. The molecule has 0 saturated heterocycles. The van der Waals surface area contributed by atoms with Crippen molar-refractivity contribution in [3.05, 3.63) is 230 Å². The van der Waals surface area contributed by atoms with Crippen molar-refractivity contribution in [2.45, 2.75) is 38.0 Å². The Labute approximate surface area is 388 Å². The average Bonchev–Trinajstić information content (AvgIpc) is 3.70. The van der Waals surface area contributed by atoms with E-state index >= 15 is 0 Å². The summed E-state index contributed by atoms with van der Waals surface area (Å²) in [7, 11) is 0. The third-order valence-corrected chi connectivity index (χ3v) is 15.8. The minimum atomic E-state index is 0.334. The molecule has 10 aromatic rings. The van der Waals surface area contributed by atoms with E-state index in [0.29, 0.717) is 5.41 Å². The highest BCUT2D eigenvalue weighted by Crippen LogP contribution is 2.71. The van der Waals surface area contributed by atoms with Gasteiger partial charge in [-0.2, -0.15) is 0 Å². The Morgan fingerprint density at radius 2 is 0.939 bits per heavy atom. The van der Waals surface area contributed by atoms with Gasteiger partial charge in [-0.1, -0.05) is 171 Å². The number of benzene rings is 9. The number of hydrogen-bond donors (Lipinski definition) is 0. The molecule has 0 bridgehead atoms. The highest BCUT2D eigenvalue weighted by molar-refractivity contribution is 6.09. The summed E-state index contributed by atoms with van der Waals surface area (Å²) in [5, 5.41) is 2.56. The van der Waals surface area contributed by atoms with E-state index in [1.807, 2.05) is 0 Å². The van der Waals surface area contributed by atoms with Crippen molar-refractivity contribution in [2.75, 3.05) is 4.90 Å². The summed E-state index contributed by atoms with van der Waals surface area (Å²) in [5.74, 6) is 3.51. The second kappa shape index (κ2) is 15.6. The summed E-state index contributed by atoms with van der Waals surface area (Å²) < 4.78 is 2.39. The van der Waals surface area contributed by atoms with Crippen molar-refractivity contribution in [3.8, 4) is 50.2 Å². The van der Waals surface area contributed by atoms with Crippen LogP contribution in [0.5, 0.6) is 0 Å². The van der Waals surface area contributed by atoms with E-state index in [1.54, 1.807) is 5.56 Å². The number of para-hydroxylation sites is 2. The van der Waals surface area contributed by atoms with Gasteiger partial charge in [-0.25, -0.2) is 0 Å². The SMILES string of the molecule is C[C@H]1C[C@H]2C[C@H]3CC(c4cccc(N(c5ccc(-c6ccc(-c7cccc(-n8c9ccccc9c9ccccc98)c7)cc6)cc5)c5ccc(-c6ccccc6-c6ccccc6)cc5)c4)(C1)C23. The van der Waals surface area contributed by atoms with Crippen molar-refractivity contribution < 1.29 is 0 Å². The van der Waals surface area contributed by atoms with E-state index in [9.17, 15) is 0 Å². The van der Waals surface area contributed by atoms with Crippen molar-refractivity contribution in [2.24, 2.45) is 23.7 Å². The Morgan fingerprint density at radius 1 is 0.409 bits per heavy atom. The van der Waals surface area contributed by atoms with Gasteiger partial charge in [-0.3, -0.25) is 0 Å². The second-order valence-electron chi connectivity index (χ2n) is 19.6. The first-order valence-electron chi connectivity index (χ1n) is 24.0. The van der Waals surface area contributed by atoms with E-state index in [4.69, 9.17) is 0 Å². The van der Waals surface area contributed by atoms with E-state index in [-0.39, 0.29) is 0 Å². The maximum Gasteiger partial charge on any atom is 0.0541 e. The molecule has 3 fully saturated rings. The molecular formula is C64H52N2. The van der Waals surface area contributed by atoms with Crippen LogP contribution in [0.3, 0.4) is 0 Å². The molecule has 2 nitrogen and oxygen atoms in total. The third kappa shape index (κ3) is 6.38. The zero-order valence-electron chi connectivity index (χ0n) is 37.4. The molecular weight excluding hydrogens is 797 g/mol. The van der Waals surface area contributed by atoms with Crippen LogP contribution in [0.25, 0.3) is 72.0 Å². The lowest BCUT2D eigenvalue weighted by Gasteiger charge is -2.70. The van der Waals surface area contributed by atoms with Gasteiger partial charge in [-0.05, 0) is 166 Å². The van der Waals surface area contributed by atoms with Crippen LogP contribution in [-0.4, -0.2) is 4.57 Å². The van der Waals surface area contributed by atoms with Crippen LogP contribution in [0.2, 0.25) is 0 Å². The van der Waals surface area contributed by atoms with Crippen molar-refractivity contribution >= 4 is 38.9 Å². The Hall–Kier alpha value is -7.42. The summed E-state index contributed by atoms with van der Waals surface area (Å²) in [4.78, 5) is 2.48. The summed E-state index contributed by atoms with van der Waals surface area (Å²) in [5.41, 5.74) is 18.8. The first-order chi connectivity index (χ1) is 32.6. The Bertz CT molecular complexity index is 3340. The van der Waals surface area contributed by atoms with Crippen LogP contribution in [0, 0.1) is 23.7 Å². The van der Waals surface area contributed by atoms with Gasteiger partial charge in [-0.15, -0.1) is 0 Å². The lowest BCUT2D eigenvalue weighted by molar-refractivity contribution is -0.159. The molecule has 0 N–H and O–H groups in total. The summed E-state index contributed by atoms with van der Waals surface area (Å²) in [6.45, 7) is 2.50. The fourth-order valence-electron chi connectivity index (χ4n) is 13.0. The number of anilines is 3. The monoisotopic (exact) mass is 848 g/mol. The molecule has 13 rings (SSSR count). The average molecular weight is 849 g/mol. The lowest BCUT2D eigenvalue weighted by atomic mass is 9.34. The van der Waals surface area contributed by atoms with Crippen LogP contribution in [0.15, 0.2) is 224 Å². The van der Waals surface area contributed by atoms with Gasteiger partial charge in [0.2, 0.25) is 0 Å². The summed E-state index contributed by atoms with van der Waals surface area (Å²) >= 11 is 0. The molecule has 0 amide bonds. The molecule has 0 aliphatic heterocycles. The molecule has 3 aliphatic rings. The highest BCUT2D eigenvalue weighted by Gasteiger charge is 2.65. The molecule has 1 heterocycles. The molecule has 2 unspecified atom stereocenters. The van der Waals surface area contributed by atoms with Crippen LogP contribution in [-0.2, 0) is 5.41 Å². The predicted octanol–water partition coefficient (Wildman–Crippen LogP) is 17.2. The molecule has 2 heteroatoms. The summed E-state index contributed by atoms with van der Waals surface area (Å²) in [6.07, 6.45) is 5.55. The highest BCUT2D eigenvalue weighted by atomic mass is 15.1. The Morgan fingerprint density at radius 3 is 1.59 bits per heavy atom. The Balaban J connectivity index is 0.833. The van der Waals surface area contributed by atoms with Crippen molar-refractivity contribution in [1.29, 1.82) is 0 Å². The zero-order valence-corrected chi connectivity index (χ0v) is 37.4. The first kappa shape index (κ1) is 39.0. The normalized spacial score (nSPS) is 20.6. The molecule has 9 aromatic carbocycles. The van der Waals surface area contributed by atoms with Gasteiger partial charge in [0.15, 0.2) is 0 Å². The first-order valence-corrected chi connectivity index (χ1v) is 24.0. The molecule has 66 heavy (non-hydrogen) atoms. The topological polar surface area (TPSA) is 8.17 Å². The quantitative estimate of drug-likeness (QED) is 0.140. The number of fused-ring (bicyclic) bond motifs is 3. The maximum absolute atomic E-state index is 2.55. The van der Waals surface area contributed by atoms with Gasteiger partial charge in [0, 0.05) is 33.5 Å². The minimum absolute atomic E-state index is 0.334. The van der Waals surface area contributed by atoms with Gasteiger partial charge in [0.05, 0.1) is 11.0 Å². The molecule has 3 aliphatic carbocycles. The fourth-order valence-corrected chi connectivity index (χ4v) is 13.0. The summed E-state index contributed by atoms with van der Waals surface area (Å²) in [6, 6.07) is 83.1. The standard InChI is InChI=1S/C64H52N2/c1-43-37-50-38-51-42-64(41-43,63(50)51)52-16-12-18-56(40-52)65(54-35-31-48(32-36-54)58-20-6-5-19-57(58)47-13-3-2-4-14-47)53-33-29-45(30-34-53)44-25-27-46(28-26-44)49-15-11-17-55(39-49)66-61-23-9-7-21-59(61)60-22-8-10-24-62(60)66/h2-36,39-40,43,50-51,63H,37-38,41-42H2,1H3/t43-,50-,51-,63?,64?/m0/s1. The molecule has 0 spiro atoms. The number of hydrogen-bond acceptors (Lipinski definition) is 1. The molecule has 3 saturated carbocycles. The van der Waals surface area contributed by atoms with E-state index < -0.39 is 0 Å². The molecule has 0 radical (unpaired) electrons. The number of rotatable bonds is 9. The maximum atomic E-state index is 2.55. The van der Waals surface area contributed by atoms with Crippen molar-refractivity contribution in [1.82, 2.24) is 4.57 Å². The number of nitrogens with zero attached hydrogens (tertiary/aromatic N) is 2. The van der Waals surface area contributed by atoms with Crippen LogP contribution < -0.4 is 4.90 Å². The van der Waals surface area contributed by atoms with Crippen LogP contribution in [0.1, 0.15) is 38.2 Å². The van der Waals surface area contributed by atoms with Gasteiger partial charge in [0.1, 0.15) is 0 Å². The molecule has 1 aromatic heterocycles. The van der Waals surface area contributed by atoms with Gasteiger partial charge in [0.25, 0.3) is 0 Å². The third-order valence-electron chi connectivity index (χ3n) is 15.8. The smallest absolute Gasteiger partial charge is 0.0541 e. The van der Waals surface area contributed by atoms with E-state index in [2.05, 4.69) is 241 Å². The molecule has 5 atom stereocenters. The van der Waals surface area contributed by atoms with Crippen molar-refractivity contribution in [3.63, 3.8) is 0 Å². The van der Waals surface area contributed by atoms with E-state index in [0.717, 1.165) is 35.0 Å². The second-order valence-corrected chi connectivity index (χ2v) is 19.6. The van der Waals surface area contributed by atoms with Crippen LogP contribution >= 0.6 is 0 Å². The molecule has 318 valence electrons. The van der Waals surface area contributed by atoms with Gasteiger partial charge >= 0.3 is 0 Å². The number of aromatic nitrogens is 1. The Kier molecular flexibility index (Phi) is 9.24.